The van der Waals surface area contributed by atoms with E-state index in [1.807, 2.05) is 18.5 Å². The Hall–Kier alpha value is -1.71. The Morgan fingerprint density at radius 1 is 1.00 bits per heavy atom. The van der Waals surface area contributed by atoms with E-state index >= 15 is 0 Å². The first kappa shape index (κ1) is 15.2. The topological polar surface area (TPSA) is 19.4 Å². The van der Waals surface area contributed by atoms with Crippen LogP contribution in [0.4, 0.5) is 0 Å². The van der Waals surface area contributed by atoms with Crippen LogP contribution >= 0.6 is 0 Å². The van der Waals surface area contributed by atoms with Crippen LogP contribution < -0.4 is 0 Å². The Balaban J connectivity index is 1.53. The number of nitrogens with zero attached hydrogens (tertiary/aromatic N) is 3. The van der Waals surface area contributed by atoms with E-state index in [0.29, 0.717) is 0 Å². The Bertz CT molecular complexity index is 574. The highest BCUT2D eigenvalue weighted by Crippen LogP contribution is 2.20. The van der Waals surface area contributed by atoms with Crippen LogP contribution in [0.25, 0.3) is 11.1 Å². The molecule has 0 N–H and O–H groups in total. The van der Waals surface area contributed by atoms with E-state index < -0.39 is 0 Å². The average molecular weight is 295 g/mol. The molecule has 0 aliphatic carbocycles. The van der Waals surface area contributed by atoms with Crippen molar-refractivity contribution in [3.63, 3.8) is 0 Å². The maximum atomic E-state index is 4.21. The summed E-state index contributed by atoms with van der Waals surface area (Å²) in [7, 11) is 2.21. The van der Waals surface area contributed by atoms with E-state index in [1.165, 1.54) is 55.8 Å². The molecule has 0 radical (unpaired) electrons. The minimum Gasteiger partial charge on any atom is -0.304 e. The predicted molar refractivity (Wildman–Crippen MR) is 91.9 cm³/mol. The van der Waals surface area contributed by atoms with E-state index in [0.717, 1.165) is 6.42 Å². The molecule has 3 rings (SSSR count). The van der Waals surface area contributed by atoms with Crippen LogP contribution in [-0.2, 0) is 6.42 Å². The van der Waals surface area contributed by atoms with Crippen molar-refractivity contribution in [3.05, 3.63) is 54.4 Å². The van der Waals surface area contributed by atoms with Crippen molar-refractivity contribution in [1.82, 2.24) is 14.8 Å². The highest BCUT2D eigenvalue weighted by atomic mass is 15.2. The summed E-state index contributed by atoms with van der Waals surface area (Å²) >= 11 is 0. The van der Waals surface area contributed by atoms with Crippen LogP contribution in [0.2, 0.25) is 0 Å². The molecule has 1 fully saturated rings. The summed E-state index contributed by atoms with van der Waals surface area (Å²) in [5.41, 5.74) is 3.89. The van der Waals surface area contributed by atoms with Crippen LogP contribution in [0.15, 0.2) is 48.8 Å². The SMILES string of the molecule is CN1CCN(CCCc2cccc(-c3cccnc3)c2)CC1. The van der Waals surface area contributed by atoms with Crippen LogP contribution in [-0.4, -0.2) is 54.6 Å². The van der Waals surface area contributed by atoms with Gasteiger partial charge in [0.2, 0.25) is 0 Å². The van der Waals surface area contributed by atoms with Gasteiger partial charge < -0.3 is 9.80 Å². The van der Waals surface area contributed by atoms with Gasteiger partial charge in [-0.3, -0.25) is 4.98 Å². The lowest BCUT2D eigenvalue weighted by Gasteiger charge is -2.32. The molecular formula is C19H25N3. The number of pyridine rings is 1. The fraction of sp³-hybridized carbons (Fsp3) is 0.421. The quantitative estimate of drug-likeness (QED) is 0.845. The molecule has 1 saturated heterocycles. The third kappa shape index (κ3) is 4.15. The molecule has 0 amide bonds. The van der Waals surface area contributed by atoms with Gasteiger partial charge >= 0.3 is 0 Å². The van der Waals surface area contributed by atoms with E-state index in [9.17, 15) is 0 Å². The van der Waals surface area contributed by atoms with Gasteiger partial charge in [-0.2, -0.15) is 0 Å². The zero-order valence-corrected chi connectivity index (χ0v) is 13.4. The second-order valence-corrected chi connectivity index (χ2v) is 6.19. The van der Waals surface area contributed by atoms with Crippen LogP contribution in [0.1, 0.15) is 12.0 Å². The minimum absolute atomic E-state index is 1.15. The van der Waals surface area contributed by atoms with Gasteiger partial charge in [0.25, 0.3) is 0 Å². The molecule has 0 bridgehead atoms. The normalized spacial score (nSPS) is 16.8. The summed E-state index contributed by atoms with van der Waals surface area (Å²) in [6.45, 7) is 6.05. The molecule has 1 aromatic heterocycles. The summed E-state index contributed by atoms with van der Waals surface area (Å²) in [6, 6.07) is 13.0. The molecule has 2 aromatic rings. The Labute approximate surface area is 133 Å². The zero-order chi connectivity index (χ0) is 15.2. The Morgan fingerprint density at radius 3 is 2.59 bits per heavy atom. The summed E-state index contributed by atoms with van der Waals surface area (Å²) in [4.78, 5) is 9.21. The Kier molecular flexibility index (Phi) is 5.20. The van der Waals surface area contributed by atoms with Crippen LogP contribution in [0.5, 0.6) is 0 Å². The number of hydrogen-bond acceptors (Lipinski definition) is 3. The van der Waals surface area contributed by atoms with Gasteiger partial charge in [0.15, 0.2) is 0 Å². The van der Waals surface area contributed by atoms with Gasteiger partial charge in [-0.05, 0) is 49.2 Å². The first-order valence-corrected chi connectivity index (χ1v) is 8.21. The van der Waals surface area contributed by atoms with Gasteiger partial charge in [0.1, 0.15) is 0 Å². The molecule has 1 aliphatic heterocycles. The molecule has 0 atom stereocenters. The van der Waals surface area contributed by atoms with Gasteiger partial charge in [-0.1, -0.05) is 30.3 Å². The number of hydrogen-bond donors (Lipinski definition) is 0. The largest absolute Gasteiger partial charge is 0.304 e. The van der Waals surface area contributed by atoms with Crippen molar-refractivity contribution >= 4 is 0 Å². The van der Waals surface area contributed by atoms with Crippen LogP contribution in [0.3, 0.4) is 0 Å². The van der Waals surface area contributed by atoms with Gasteiger partial charge in [-0.25, -0.2) is 0 Å². The second-order valence-electron chi connectivity index (χ2n) is 6.19. The molecule has 116 valence electrons. The molecule has 0 unspecified atom stereocenters. The number of aryl methyl sites for hydroxylation is 1. The molecule has 1 aromatic carbocycles. The zero-order valence-electron chi connectivity index (χ0n) is 13.4. The maximum Gasteiger partial charge on any atom is 0.0346 e. The smallest absolute Gasteiger partial charge is 0.0346 e. The molecule has 3 heteroatoms. The lowest BCUT2D eigenvalue weighted by Crippen LogP contribution is -2.44. The summed E-state index contributed by atoms with van der Waals surface area (Å²) < 4.78 is 0. The van der Waals surface area contributed by atoms with E-state index in [1.54, 1.807) is 0 Å². The average Bonchev–Trinajstić information content (AvgIpc) is 2.58. The molecule has 1 aliphatic rings. The Morgan fingerprint density at radius 2 is 1.82 bits per heavy atom. The van der Waals surface area contributed by atoms with Crippen molar-refractivity contribution < 1.29 is 0 Å². The van der Waals surface area contributed by atoms with Gasteiger partial charge in [0.05, 0.1) is 0 Å². The number of likely N-dealkylation sites (N-methyl/N-ethyl adjacent to an activating group) is 1. The highest BCUT2D eigenvalue weighted by Gasteiger charge is 2.12. The monoisotopic (exact) mass is 295 g/mol. The van der Waals surface area contributed by atoms with Crippen molar-refractivity contribution in [2.24, 2.45) is 0 Å². The molecule has 0 spiro atoms. The first-order valence-electron chi connectivity index (χ1n) is 8.21. The van der Waals surface area contributed by atoms with Crippen LogP contribution in [0, 0.1) is 0 Å². The summed E-state index contributed by atoms with van der Waals surface area (Å²) in [6.07, 6.45) is 6.15. The summed E-state index contributed by atoms with van der Waals surface area (Å²) in [5, 5.41) is 0. The van der Waals surface area contributed by atoms with Crippen molar-refractivity contribution in [2.45, 2.75) is 12.8 Å². The number of piperazine rings is 1. The van der Waals surface area contributed by atoms with E-state index in [4.69, 9.17) is 0 Å². The molecule has 0 saturated carbocycles. The molecule has 2 heterocycles. The highest BCUT2D eigenvalue weighted by molar-refractivity contribution is 5.62. The van der Waals surface area contributed by atoms with Gasteiger partial charge in [-0.15, -0.1) is 0 Å². The minimum atomic E-state index is 1.15. The van der Waals surface area contributed by atoms with Gasteiger partial charge in [0, 0.05) is 38.6 Å². The van der Waals surface area contributed by atoms with E-state index in [2.05, 4.69) is 52.2 Å². The second kappa shape index (κ2) is 7.52. The lowest BCUT2D eigenvalue weighted by atomic mass is 10.0. The number of rotatable bonds is 5. The third-order valence-corrected chi connectivity index (χ3v) is 4.46. The van der Waals surface area contributed by atoms with E-state index in [-0.39, 0.29) is 0 Å². The third-order valence-electron chi connectivity index (χ3n) is 4.46. The number of benzene rings is 1. The predicted octanol–water partition coefficient (Wildman–Crippen LogP) is 2.93. The number of aromatic nitrogens is 1. The lowest BCUT2D eigenvalue weighted by molar-refractivity contribution is 0.153. The fourth-order valence-corrected chi connectivity index (χ4v) is 3.02. The van der Waals surface area contributed by atoms with Crippen molar-refractivity contribution in [2.75, 3.05) is 39.8 Å². The standard InChI is InChI=1S/C19H25N3/c1-21-11-13-22(14-12-21)10-4-6-17-5-2-7-18(15-17)19-8-3-9-20-16-19/h2-3,5,7-9,15-16H,4,6,10-14H2,1H3. The molecule has 22 heavy (non-hydrogen) atoms. The summed E-state index contributed by atoms with van der Waals surface area (Å²) in [5.74, 6) is 0. The van der Waals surface area contributed by atoms with Crippen molar-refractivity contribution in [1.29, 1.82) is 0 Å². The molecular weight excluding hydrogens is 270 g/mol. The first-order chi connectivity index (χ1) is 10.8. The maximum absolute atomic E-state index is 4.21. The molecule has 3 nitrogen and oxygen atoms in total. The van der Waals surface area contributed by atoms with Crippen molar-refractivity contribution in [3.8, 4) is 11.1 Å². The fourth-order valence-electron chi connectivity index (χ4n) is 3.02.